The molecule has 3 rings (SSSR count). The van der Waals surface area contributed by atoms with Crippen molar-refractivity contribution < 1.29 is 33.6 Å². The van der Waals surface area contributed by atoms with E-state index in [-0.39, 0.29) is 33.0 Å². The van der Waals surface area contributed by atoms with Crippen LogP contribution in [0.5, 0.6) is 11.5 Å². The summed E-state index contributed by atoms with van der Waals surface area (Å²) in [7, 11) is 0. The average Bonchev–Trinajstić information content (AvgIpc) is 2.96. The summed E-state index contributed by atoms with van der Waals surface area (Å²) in [6.07, 6.45) is 1.58. The molecule has 0 aliphatic rings. The molecule has 0 atom stereocenters. The predicted molar refractivity (Wildman–Crippen MR) is 155 cm³/mol. The lowest BCUT2D eigenvalue weighted by Crippen LogP contribution is -2.14. The third kappa shape index (κ3) is 8.85. The van der Waals surface area contributed by atoms with Crippen LogP contribution in [0.1, 0.15) is 25.8 Å². The maximum Gasteiger partial charge on any atom is 0.333 e. The number of hydrogen-bond donors (Lipinski definition) is 1. The molecule has 0 aromatic heterocycles. The van der Waals surface area contributed by atoms with E-state index in [2.05, 4.69) is 37.4 Å². The highest BCUT2D eigenvalue weighted by atomic mass is 16.6. The number of carbonyl (C=O) groups is 2. The molecule has 3 aromatic carbocycles. The van der Waals surface area contributed by atoms with Crippen LogP contribution in [0.25, 0.3) is 22.3 Å². The van der Waals surface area contributed by atoms with Crippen molar-refractivity contribution >= 4 is 11.9 Å². The van der Waals surface area contributed by atoms with Gasteiger partial charge in [0.05, 0.1) is 5.56 Å². The highest BCUT2D eigenvalue weighted by molar-refractivity contribution is 5.87. The summed E-state index contributed by atoms with van der Waals surface area (Å²) in [5, 5.41) is 9.06. The van der Waals surface area contributed by atoms with Crippen LogP contribution in [0.15, 0.2) is 91.0 Å². The van der Waals surface area contributed by atoms with Crippen LogP contribution in [0, 0.1) is 0 Å². The molecule has 40 heavy (non-hydrogen) atoms. The van der Waals surface area contributed by atoms with Gasteiger partial charge in [0.2, 0.25) is 0 Å². The van der Waals surface area contributed by atoms with E-state index >= 15 is 0 Å². The Kier molecular flexibility index (Phi) is 11.5. The zero-order valence-electron chi connectivity index (χ0n) is 23.1. The SMILES string of the molecule is C=C(C)C(=O)OCCOc1cccc(OCCOC(=O)C(=C)C)c1-c1ccc(-c2ccc(CCCO)cc2)cc1. The Balaban J connectivity index is 1.80. The first-order valence-electron chi connectivity index (χ1n) is 13.1. The summed E-state index contributed by atoms with van der Waals surface area (Å²) in [4.78, 5) is 23.4. The Hall–Kier alpha value is -4.36. The van der Waals surface area contributed by atoms with Crippen molar-refractivity contribution in [1.29, 1.82) is 0 Å². The summed E-state index contributed by atoms with van der Waals surface area (Å²) in [6.45, 7) is 10.9. The lowest BCUT2D eigenvalue weighted by Gasteiger charge is -2.17. The van der Waals surface area contributed by atoms with Gasteiger partial charge in [-0.15, -0.1) is 0 Å². The van der Waals surface area contributed by atoms with Crippen molar-refractivity contribution in [3.63, 3.8) is 0 Å². The van der Waals surface area contributed by atoms with Crippen molar-refractivity contribution in [2.75, 3.05) is 33.0 Å². The fraction of sp³-hybridized carbons (Fsp3) is 0.273. The van der Waals surface area contributed by atoms with E-state index in [0.29, 0.717) is 22.6 Å². The third-order valence-electron chi connectivity index (χ3n) is 5.92. The van der Waals surface area contributed by atoms with E-state index in [4.69, 9.17) is 24.1 Å². The standard InChI is InChI=1S/C33H36O7/c1-23(2)32(35)39-21-19-37-29-8-5-9-30(38-20-22-40-33(36)24(3)4)31(29)28-16-14-27(15-17-28)26-12-10-25(11-13-26)7-6-18-34/h5,8-17,34H,1,3,6-7,18-22H2,2,4H3. The Labute approximate surface area is 235 Å². The van der Waals surface area contributed by atoms with Crippen LogP contribution >= 0.6 is 0 Å². The summed E-state index contributed by atoms with van der Waals surface area (Å²) >= 11 is 0. The summed E-state index contributed by atoms with van der Waals surface area (Å²) in [5.74, 6) is 0.178. The van der Waals surface area contributed by atoms with Crippen LogP contribution in [-0.4, -0.2) is 50.1 Å². The van der Waals surface area contributed by atoms with Crippen molar-refractivity contribution in [3.05, 3.63) is 96.6 Å². The molecule has 0 saturated heterocycles. The number of carbonyl (C=O) groups excluding carboxylic acids is 2. The van der Waals surface area contributed by atoms with Crippen molar-refractivity contribution in [1.82, 2.24) is 0 Å². The number of hydrogen-bond acceptors (Lipinski definition) is 7. The molecule has 0 aliphatic heterocycles. The Morgan fingerprint density at radius 3 is 1.57 bits per heavy atom. The second-order valence-corrected chi connectivity index (χ2v) is 9.26. The monoisotopic (exact) mass is 544 g/mol. The Morgan fingerprint density at radius 1 is 0.675 bits per heavy atom. The quantitative estimate of drug-likeness (QED) is 0.144. The van der Waals surface area contributed by atoms with E-state index < -0.39 is 11.9 Å². The summed E-state index contributed by atoms with van der Waals surface area (Å²) in [5.41, 5.74) is 5.56. The van der Waals surface area contributed by atoms with Gasteiger partial charge in [0.25, 0.3) is 0 Å². The largest absolute Gasteiger partial charge is 0.489 e. The molecule has 7 nitrogen and oxygen atoms in total. The van der Waals surface area contributed by atoms with Crippen LogP contribution in [-0.2, 0) is 25.5 Å². The normalized spacial score (nSPS) is 10.5. The van der Waals surface area contributed by atoms with Gasteiger partial charge < -0.3 is 24.1 Å². The lowest BCUT2D eigenvalue weighted by molar-refractivity contribution is -0.140. The molecule has 0 heterocycles. The maximum absolute atomic E-state index is 11.7. The van der Waals surface area contributed by atoms with Gasteiger partial charge in [-0.1, -0.05) is 67.8 Å². The van der Waals surface area contributed by atoms with Crippen molar-refractivity contribution in [2.24, 2.45) is 0 Å². The molecule has 0 saturated carbocycles. The molecular formula is C33H36O7. The maximum atomic E-state index is 11.7. The zero-order valence-corrected chi connectivity index (χ0v) is 23.1. The van der Waals surface area contributed by atoms with Gasteiger partial charge >= 0.3 is 11.9 Å². The Morgan fingerprint density at radius 2 is 1.12 bits per heavy atom. The number of aryl methyl sites for hydroxylation is 1. The first-order chi connectivity index (χ1) is 19.3. The molecular weight excluding hydrogens is 508 g/mol. The van der Waals surface area contributed by atoms with Crippen LogP contribution in [0.3, 0.4) is 0 Å². The van der Waals surface area contributed by atoms with Gasteiger partial charge in [-0.05, 0) is 61.1 Å². The fourth-order valence-electron chi connectivity index (χ4n) is 3.83. The van der Waals surface area contributed by atoms with Crippen molar-refractivity contribution in [3.8, 4) is 33.8 Å². The molecule has 0 bridgehead atoms. The minimum atomic E-state index is -0.470. The fourth-order valence-corrected chi connectivity index (χ4v) is 3.83. The van der Waals surface area contributed by atoms with Crippen LogP contribution in [0.4, 0.5) is 0 Å². The smallest absolute Gasteiger partial charge is 0.333 e. The molecule has 0 fully saturated rings. The van der Waals surface area contributed by atoms with Crippen LogP contribution < -0.4 is 9.47 Å². The number of benzene rings is 3. The number of aliphatic hydroxyl groups is 1. The number of ether oxygens (including phenoxy) is 4. The zero-order chi connectivity index (χ0) is 28.9. The summed E-state index contributed by atoms with van der Waals surface area (Å²) < 4.78 is 22.3. The second kappa shape index (κ2) is 15.3. The van der Waals surface area contributed by atoms with Crippen LogP contribution in [0.2, 0.25) is 0 Å². The van der Waals surface area contributed by atoms with E-state index in [0.717, 1.165) is 35.1 Å². The van der Waals surface area contributed by atoms with E-state index in [1.54, 1.807) is 19.9 Å². The van der Waals surface area contributed by atoms with Gasteiger partial charge in [-0.2, -0.15) is 0 Å². The first kappa shape index (κ1) is 30.2. The van der Waals surface area contributed by atoms with Crippen molar-refractivity contribution in [2.45, 2.75) is 26.7 Å². The average molecular weight is 545 g/mol. The molecule has 0 aliphatic carbocycles. The molecule has 0 spiro atoms. The topological polar surface area (TPSA) is 91.3 Å². The summed E-state index contributed by atoms with van der Waals surface area (Å²) in [6, 6.07) is 21.8. The molecule has 7 heteroatoms. The van der Waals surface area contributed by atoms with Gasteiger partial charge in [-0.25, -0.2) is 9.59 Å². The molecule has 210 valence electrons. The van der Waals surface area contributed by atoms with E-state index in [1.807, 2.05) is 36.4 Å². The van der Waals surface area contributed by atoms with E-state index in [1.165, 1.54) is 5.56 Å². The molecule has 0 radical (unpaired) electrons. The predicted octanol–water partition coefficient (Wildman–Crippen LogP) is 5.94. The van der Waals surface area contributed by atoms with Gasteiger partial charge in [0.15, 0.2) is 0 Å². The van der Waals surface area contributed by atoms with Gasteiger partial charge in [0, 0.05) is 17.8 Å². The van der Waals surface area contributed by atoms with Gasteiger partial charge in [-0.3, -0.25) is 0 Å². The minimum Gasteiger partial charge on any atom is -0.489 e. The number of rotatable bonds is 15. The highest BCUT2D eigenvalue weighted by Gasteiger charge is 2.15. The molecule has 0 unspecified atom stereocenters. The lowest BCUT2D eigenvalue weighted by atomic mass is 9.98. The third-order valence-corrected chi connectivity index (χ3v) is 5.92. The van der Waals surface area contributed by atoms with Gasteiger partial charge in [0.1, 0.15) is 37.9 Å². The molecule has 0 amide bonds. The Bertz CT molecular complexity index is 1260. The second-order valence-electron chi connectivity index (χ2n) is 9.26. The first-order valence-corrected chi connectivity index (χ1v) is 13.1. The molecule has 3 aromatic rings. The number of esters is 2. The number of aliphatic hydroxyl groups excluding tert-OH is 1. The highest BCUT2D eigenvalue weighted by Crippen LogP contribution is 2.39. The minimum absolute atomic E-state index is 0.0698. The van der Waals surface area contributed by atoms with E-state index in [9.17, 15) is 9.59 Å². The molecule has 1 N–H and O–H groups in total.